The molecule has 0 saturated carbocycles. The lowest BCUT2D eigenvalue weighted by Crippen LogP contribution is -2.43. The summed E-state index contributed by atoms with van der Waals surface area (Å²) in [6.07, 6.45) is -0.399. The van der Waals surface area contributed by atoms with Crippen LogP contribution in [0.5, 0.6) is 0 Å². The minimum absolute atomic E-state index is 0. The second kappa shape index (κ2) is 9.69. The number of alkyl halides is 2. The van der Waals surface area contributed by atoms with E-state index in [0.717, 1.165) is 19.6 Å². The van der Waals surface area contributed by atoms with E-state index in [1.54, 1.807) is 0 Å². The summed E-state index contributed by atoms with van der Waals surface area (Å²) in [5, 5.41) is 5.22. The van der Waals surface area contributed by atoms with Crippen molar-refractivity contribution in [1.82, 2.24) is 15.5 Å². The Kier molecular flexibility index (Phi) is 10.8. The summed E-state index contributed by atoms with van der Waals surface area (Å²) in [6, 6.07) is -0.748. The molecule has 0 aliphatic carbocycles. The number of carbonyl (C=O) groups is 1. The van der Waals surface area contributed by atoms with E-state index in [2.05, 4.69) is 15.5 Å². The largest absolute Gasteiger partial charge is 0.353 e. The number of rotatable bonds is 6. The molecule has 0 aromatic rings. The second-order valence-electron chi connectivity index (χ2n) is 4.31. The molecule has 116 valence electrons. The van der Waals surface area contributed by atoms with Gasteiger partial charge in [0, 0.05) is 19.5 Å². The molecule has 19 heavy (non-hydrogen) atoms. The van der Waals surface area contributed by atoms with Gasteiger partial charge in [0.25, 0.3) is 5.92 Å². The van der Waals surface area contributed by atoms with Crippen LogP contribution in [-0.4, -0.2) is 55.5 Å². The number of carbonyl (C=O) groups excluding carboxylic acids is 1. The third-order valence-corrected chi connectivity index (χ3v) is 3.05. The van der Waals surface area contributed by atoms with Crippen LogP contribution in [-0.2, 0) is 4.79 Å². The Labute approximate surface area is 125 Å². The van der Waals surface area contributed by atoms with E-state index in [1.165, 1.54) is 0 Å². The van der Waals surface area contributed by atoms with Crippen LogP contribution in [0.2, 0.25) is 0 Å². The molecule has 1 saturated heterocycles. The Balaban J connectivity index is 0. The molecule has 0 aromatic heterocycles. The molecule has 2 N–H and O–H groups in total. The number of hydrogen-bond acceptors (Lipinski definition) is 3. The zero-order valence-electron chi connectivity index (χ0n) is 11.2. The van der Waals surface area contributed by atoms with Crippen LogP contribution in [0.4, 0.5) is 8.78 Å². The maximum absolute atomic E-state index is 12.9. The number of halogens is 4. The number of likely N-dealkylation sites (N-methyl/N-ethyl adjacent to an activating group) is 1. The quantitative estimate of drug-likeness (QED) is 0.774. The smallest absolute Gasteiger partial charge is 0.262 e. The maximum atomic E-state index is 12.9. The Hall–Kier alpha value is -0.170. The average molecular weight is 322 g/mol. The Bertz CT molecular complexity index is 266. The monoisotopic (exact) mass is 321 g/mol. The molecular weight excluding hydrogens is 299 g/mol. The maximum Gasteiger partial charge on any atom is 0.262 e. The van der Waals surface area contributed by atoms with Gasteiger partial charge in [-0.1, -0.05) is 13.8 Å². The lowest BCUT2D eigenvalue weighted by Gasteiger charge is -2.18. The van der Waals surface area contributed by atoms with Crippen LogP contribution >= 0.6 is 24.8 Å². The van der Waals surface area contributed by atoms with Gasteiger partial charge in [0.2, 0.25) is 5.91 Å². The lowest BCUT2D eigenvalue weighted by atomic mass is 10.2. The molecule has 1 atom stereocenters. The van der Waals surface area contributed by atoms with Gasteiger partial charge in [0.1, 0.15) is 0 Å². The van der Waals surface area contributed by atoms with Gasteiger partial charge in [-0.3, -0.25) is 10.1 Å². The standard InChI is InChI=1S/C11H21F2N3O.2ClH/c1-3-16(4-2)6-5-14-10(17)9-7-11(12,13)8-15-9;;/h9,15H,3-8H2,1-2H3,(H,14,17);2*1H. The fraction of sp³-hybridized carbons (Fsp3) is 0.909. The first kappa shape index (κ1) is 21.1. The molecule has 1 aliphatic rings. The van der Waals surface area contributed by atoms with Crippen molar-refractivity contribution in [2.75, 3.05) is 32.7 Å². The Morgan fingerprint density at radius 1 is 1.37 bits per heavy atom. The average Bonchev–Trinajstić information content (AvgIpc) is 2.65. The minimum atomic E-state index is -2.75. The molecule has 0 aromatic carbocycles. The summed E-state index contributed by atoms with van der Waals surface area (Å²) in [5.41, 5.74) is 0. The molecule has 1 aliphatic heterocycles. The van der Waals surface area contributed by atoms with Gasteiger partial charge in [-0.2, -0.15) is 0 Å². The Morgan fingerprint density at radius 3 is 2.37 bits per heavy atom. The first-order chi connectivity index (χ1) is 7.98. The van der Waals surface area contributed by atoms with E-state index in [0.29, 0.717) is 6.54 Å². The molecule has 1 heterocycles. The van der Waals surface area contributed by atoms with Crippen molar-refractivity contribution in [2.24, 2.45) is 0 Å². The van der Waals surface area contributed by atoms with Crippen molar-refractivity contribution >= 4 is 30.7 Å². The lowest BCUT2D eigenvalue weighted by molar-refractivity contribution is -0.123. The molecule has 8 heteroatoms. The molecule has 4 nitrogen and oxygen atoms in total. The zero-order valence-corrected chi connectivity index (χ0v) is 12.9. The van der Waals surface area contributed by atoms with Gasteiger partial charge in [-0.05, 0) is 13.1 Å². The summed E-state index contributed by atoms with van der Waals surface area (Å²) in [5.74, 6) is -3.07. The van der Waals surface area contributed by atoms with Crippen LogP contribution in [0, 0.1) is 0 Å². The molecule has 1 amide bonds. The van der Waals surface area contributed by atoms with Gasteiger partial charge >= 0.3 is 0 Å². The topological polar surface area (TPSA) is 44.4 Å². The summed E-state index contributed by atoms with van der Waals surface area (Å²) >= 11 is 0. The predicted octanol–water partition coefficient (Wildman–Crippen LogP) is 1.29. The number of amides is 1. The minimum Gasteiger partial charge on any atom is -0.353 e. The van der Waals surface area contributed by atoms with Crippen LogP contribution < -0.4 is 10.6 Å². The third-order valence-electron chi connectivity index (χ3n) is 3.05. The van der Waals surface area contributed by atoms with E-state index in [9.17, 15) is 13.6 Å². The summed E-state index contributed by atoms with van der Waals surface area (Å²) in [7, 11) is 0. The summed E-state index contributed by atoms with van der Waals surface area (Å²) in [4.78, 5) is 13.7. The number of nitrogens with one attached hydrogen (secondary N) is 2. The molecule has 1 fully saturated rings. The van der Waals surface area contributed by atoms with E-state index < -0.39 is 24.9 Å². The first-order valence-corrected chi connectivity index (χ1v) is 6.09. The Morgan fingerprint density at radius 2 is 1.95 bits per heavy atom. The first-order valence-electron chi connectivity index (χ1n) is 6.09. The second-order valence-corrected chi connectivity index (χ2v) is 4.31. The van der Waals surface area contributed by atoms with Crippen LogP contribution in [0.25, 0.3) is 0 Å². The van der Waals surface area contributed by atoms with Crippen LogP contribution in [0.15, 0.2) is 0 Å². The van der Waals surface area contributed by atoms with Crippen molar-refractivity contribution in [2.45, 2.75) is 32.2 Å². The van der Waals surface area contributed by atoms with Crippen LogP contribution in [0.1, 0.15) is 20.3 Å². The molecular formula is C11H23Cl2F2N3O. The van der Waals surface area contributed by atoms with Gasteiger partial charge in [-0.15, -0.1) is 24.8 Å². The number of hydrogen-bond donors (Lipinski definition) is 2. The molecule has 0 radical (unpaired) electrons. The molecule has 0 bridgehead atoms. The normalized spacial score (nSPS) is 20.6. The van der Waals surface area contributed by atoms with Gasteiger partial charge in [-0.25, -0.2) is 8.78 Å². The van der Waals surface area contributed by atoms with Gasteiger partial charge in [0.15, 0.2) is 0 Å². The fourth-order valence-electron chi connectivity index (χ4n) is 1.90. The van der Waals surface area contributed by atoms with Crippen molar-refractivity contribution < 1.29 is 13.6 Å². The van der Waals surface area contributed by atoms with Crippen molar-refractivity contribution in [3.63, 3.8) is 0 Å². The van der Waals surface area contributed by atoms with Crippen molar-refractivity contribution in [1.29, 1.82) is 0 Å². The number of nitrogens with zero attached hydrogens (tertiary/aromatic N) is 1. The van der Waals surface area contributed by atoms with E-state index in [4.69, 9.17) is 0 Å². The highest BCUT2D eigenvalue weighted by Crippen LogP contribution is 2.24. The fourth-order valence-corrected chi connectivity index (χ4v) is 1.90. The van der Waals surface area contributed by atoms with E-state index in [-0.39, 0.29) is 30.7 Å². The third kappa shape index (κ3) is 7.25. The van der Waals surface area contributed by atoms with E-state index >= 15 is 0 Å². The SMILES string of the molecule is CCN(CC)CCNC(=O)C1CC(F)(F)CN1.Cl.Cl. The summed E-state index contributed by atoms with van der Waals surface area (Å²) in [6.45, 7) is 6.79. The highest BCUT2D eigenvalue weighted by Gasteiger charge is 2.42. The predicted molar refractivity (Wildman–Crippen MR) is 76.6 cm³/mol. The van der Waals surface area contributed by atoms with E-state index in [1.807, 2.05) is 13.8 Å². The zero-order chi connectivity index (χ0) is 12.9. The van der Waals surface area contributed by atoms with Gasteiger partial charge in [0.05, 0.1) is 12.6 Å². The molecule has 0 spiro atoms. The molecule has 1 rings (SSSR count). The highest BCUT2D eigenvalue weighted by molar-refractivity contribution is 5.85. The summed E-state index contributed by atoms with van der Waals surface area (Å²) < 4.78 is 25.7. The van der Waals surface area contributed by atoms with Crippen molar-refractivity contribution in [3.8, 4) is 0 Å². The van der Waals surface area contributed by atoms with Gasteiger partial charge < -0.3 is 10.2 Å². The highest BCUT2D eigenvalue weighted by atomic mass is 35.5. The molecule has 1 unspecified atom stereocenters. The van der Waals surface area contributed by atoms with Crippen molar-refractivity contribution in [3.05, 3.63) is 0 Å². The van der Waals surface area contributed by atoms with Crippen LogP contribution in [0.3, 0.4) is 0 Å².